The summed E-state index contributed by atoms with van der Waals surface area (Å²) in [6, 6.07) is 7.86. The smallest absolute Gasteiger partial charge is 0.253 e. The second-order valence-corrected chi connectivity index (χ2v) is 6.80. The highest BCUT2D eigenvalue weighted by molar-refractivity contribution is 9.10. The first kappa shape index (κ1) is 15.5. The molecule has 1 heterocycles. The third-order valence-corrected chi connectivity index (χ3v) is 4.60. The summed E-state index contributed by atoms with van der Waals surface area (Å²) in [6.07, 6.45) is 1.29. The molecule has 0 N–H and O–H groups in total. The lowest BCUT2D eigenvalue weighted by atomic mass is 10.00. The molecule has 4 heteroatoms. The number of carbonyl (C=O) groups is 1. The van der Waals surface area contributed by atoms with Crippen LogP contribution in [0, 0.1) is 5.92 Å². The Kier molecular flexibility index (Phi) is 5.22. The summed E-state index contributed by atoms with van der Waals surface area (Å²) in [7, 11) is 1.93. The molecule has 0 spiro atoms. The quantitative estimate of drug-likeness (QED) is 0.822. The van der Waals surface area contributed by atoms with Crippen molar-refractivity contribution in [3.63, 3.8) is 0 Å². The van der Waals surface area contributed by atoms with Crippen molar-refractivity contribution >= 4 is 21.8 Å². The number of carbonyl (C=O) groups excluding carboxylic acids is 1. The van der Waals surface area contributed by atoms with Crippen LogP contribution in [-0.4, -0.2) is 48.4 Å². The first-order valence-corrected chi connectivity index (χ1v) is 8.03. The van der Waals surface area contributed by atoms with Gasteiger partial charge in [0.15, 0.2) is 0 Å². The van der Waals surface area contributed by atoms with Gasteiger partial charge in [-0.1, -0.05) is 29.8 Å². The summed E-state index contributed by atoms with van der Waals surface area (Å²) in [5.74, 6) is 0.566. The van der Waals surface area contributed by atoms with E-state index in [1.54, 1.807) is 0 Å². The molecule has 0 saturated carbocycles. The number of likely N-dealkylation sites (N-methyl/N-ethyl adjacent to an activating group) is 1. The van der Waals surface area contributed by atoms with Gasteiger partial charge in [0.05, 0.1) is 0 Å². The summed E-state index contributed by atoms with van der Waals surface area (Å²) in [4.78, 5) is 16.9. The predicted molar refractivity (Wildman–Crippen MR) is 85.9 cm³/mol. The number of amides is 1. The van der Waals surface area contributed by atoms with Crippen LogP contribution < -0.4 is 0 Å². The molecule has 1 saturated heterocycles. The van der Waals surface area contributed by atoms with E-state index in [9.17, 15) is 4.79 Å². The second-order valence-electron chi connectivity index (χ2n) is 5.89. The van der Waals surface area contributed by atoms with Crippen LogP contribution in [0.2, 0.25) is 0 Å². The van der Waals surface area contributed by atoms with Gasteiger partial charge < -0.3 is 9.80 Å². The first-order chi connectivity index (χ1) is 9.49. The maximum atomic E-state index is 12.6. The molecule has 1 aromatic rings. The number of rotatable bonds is 5. The molecule has 110 valence electrons. The molecular weight excluding hydrogens is 316 g/mol. The topological polar surface area (TPSA) is 23.6 Å². The largest absolute Gasteiger partial charge is 0.337 e. The van der Waals surface area contributed by atoms with E-state index < -0.39 is 0 Å². The molecule has 1 aliphatic rings. The van der Waals surface area contributed by atoms with Gasteiger partial charge in [-0.3, -0.25) is 4.79 Å². The highest BCUT2D eigenvalue weighted by atomic mass is 79.9. The molecule has 1 atom stereocenters. The van der Waals surface area contributed by atoms with Crippen LogP contribution in [-0.2, 0) is 0 Å². The lowest BCUT2D eigenvalue weighted by Gasteiger charge is -2.39. The standard InChI is InChI=1S/C16H23BrN2O/c1-12(2)15(11-19-9-4-10-19)18(3)16(20)13-5-7-14(17)8-6-13/h5-8,12,15H,4,9-11H2,1-3H3/t15-/m1/s1. The molecule has 1 amide bonds. The number of halogens is 1. The number of benzene rings is 1. The summed E-state index contributed by atoms with van der Waals surface area (Å²) < 4.78 is 0.998. The minimum absolute atomic E-state index is 0.108. The van der Waals surface area contributed by atoms with Gasteiger partial charge in [0.2, 0.25) is 0 Å². The Morgan fingerprint density at radius 3 is 2.35 bits per heavy atom. The zero-order valence-corrected chi connectivity index (χ0v) is 14.1. The monoisotopic (exact) mass is 338 g/mol. The van der Waals surface area contributed by atoms with Crippen molar-refractivity contribution < 1.29 is 4.79 Å². The Labute approximate surface area is 130 Å². The fourth-order valence-corrected chi connectivity index (χ4v) is 2.82. The van der Waals surface area contributed by atoms with E-state index in [1.165, 1.54) is 19.5 Å². The Balaban J connectivity index is 2.07. The van der Waals surface area contributed by atoms with Gasteiger partial charge in [-0.2, -0.15) is 0 Å². The Morgan fingerprint density at radius 2 is 1.90 bits per heavy atom. The third-order valence-electron chi connectivity index (χ3n) is 4.07. The molecule has 0 aliphatic carbocycles. The van der Waals surface area contributed by atoms with E-state index in [0.29, 0.717) is 5.92 Å². The fraction of sp³-hybridized carbons (Fsp3) is 0.562. The van der Waals surface area contributed by atoms with Crippen LogP contribution in [0.3, 0.4) is 0 Å². The number of likely N-dealkylation sites (tertiary alicyclic amines) is 1. The van der Waals surface area contributed by atoms with E-state index in [-0.39, 0.29) is 11.9 Å². The van der Waals surface area contributed by atoms with Crippen LogP contribution in [0.1, 0.15) is 30.6 Å². The lowest BCUT2D eigenvalue weighted by Crippen LogP contribution is -2.51. The van der Waals surface area contributed by atoms with Crippen molar-refractivity contribution in [3.05, 3.63) is 34.3 Å². The lowest BCUT2D eigenvalue weighted by molar-refractivity contribution is 0.0564. The molecule has 1 aromatic carbocycles. The molecule has 0 bridgehead atoms. The van der Waals surface area contributed by atoms with Crippen LogP contribution >= 0.6 is 15.9 Å². The van der Waals surface area contributed by atoms with Crippen LogP contribution in [0.25, 0.3) is 0 Å². The molecule has 20 heavy (non-hydrogen) atoms. The molecule has 2 rings (SSSR count). The number of hydrogen-bond donors (Lipinski definition) is 0. The van der Waals surface area contributed by atoms with Crippen molar-refractivity contribution in [3.8, 4) is 0 Å². The van der Waals surface area contributed by atoms with Crippen LogP contribution in [0.15, 0.2) is 28.7 Å². The maximum Gasteiger partial charge on any atom is 0.253 e. The van der Waals surface area contributed by atoms with E-state index in [0.717, 1.165) is 16.6 Å². The van der Waals surface area contributed by atoms with E-state index in [4.69, 9.17) is 0 Å². The van der Waals surface area contributed by atoms with Crippen LogP contribution in [0.5, 0.6) is 0 Å². The van der Waals surface area contributed by atoms with Gasteiger partial charge in [0.25, 0.3) is 5.91 Å². The van der Waals surface area contributed by atoms with E-state index in [2.05, 4.69) is 34.7 Å². The van der Waals surface area contributed by atoms with Crippen molar-refractivity contribution in [2.75, 3.05) is 26.7 Å². The normalized spacial score (nSPS) is 16.9. The molecule has 1 aliphatic heterocycles. The van der Waals surface area contributed by atoms with Gasteiger partial charge in [0.1, 0.15) is 0 Å². The average molecular weight is 339 g/mol. The fourth-order valence-electron chi connectivity index (χ4n) is 2.56. The van der Waals surface area contributed by atoms with E-state index in [1.807, 2.05) is 36.2 Å². The van der Waals surface area contributed by atoms with Crippen molar-refractivity contribution in [1.29, 1.82) is 0 Å². The van der Waals surface area contributed by atoms with Crippen molar-refractivity contribution in [2.24, 2.45) is 5.92 Å². The van der Waals surface area contributed by atoms with Gasteiger partial charge in [-0.15, -0.1) is 0 Å². The second kappa shape index (κ2) is 6.72. The van der Waals surface area contributed by atoms with E-state index >= 15 is 0 Å². The Bertz CT molecular complexity index is 454. The Hall–Kier alpha value is -0.870. The molecular formula is C16H23BrN2O. The van der Waals surface area contributed by atoms with Crippen LogP contribution in [0.4, 0.5) is 0 Å². The molecule has 3 nitrogen and oxygen atoms in total. The molecule has 0 aromatic heterocycles. The average Bonchev–Trinajstić information content (AvgIpc) is 2.36. The van der Waals surface area contributed by atoms with Gasteiger partial charge in [-0.05, 0) is 49.7 Å². The highest BCUT2D eigenvalue weighted by Crippen LogP contribution is 2.18. The maximum absolute atomic E-state index is 12.6. The summed E-state index contributed by atoms with van der Waals surface area (Å²) in [5, 5.41) is 0. The molecule has 0 radical (unpaired) electrons. The minimum Gasteiger partial charge on any atom is -0.337 e. The van der Waals surface area contributed by atoms with Crippen molar-refractivity contribution in [1.82, 2.24) is 9.80 Å². The van der Waals surface area contributed by atoms with Crippen molar-refractivity contribution in [2.45, 2.75) is 26.3 Å². The number of hydrogen-bond acceptors (Lipinski definition) is 2. The molecule has 0 unspecified atom stereocenters. The predicted octanol–water partition coefficient (Wildman–Crippen LogP) is 3.25. The first-order valence-electron chi connectivity index (χ1n) is 7.24. The zero-order valence-electron chi connectivity index (χ0n) is 12.5. The van der Waals surface area contributed by atoms with Gasteiger partial charge in [-0.25, -0.2) is 0 Å². The Morgan fingerprint density at radius 1 is 1.30 bits per heavy atom. The summed E-state index contributed by atoms with van der Waals surface area (Å²) >= 11 is 3.40. The highest BCUT2D eigenvalue weighted by Gasteiger charge is 2.27. The zero-order chi connectivity index (χ0) is 14.7. The summed E-state index contributed by atoms with van der Waals surface area (Å²) in [5.41, 5.74) is 0.755. The van der Waals surface area contributed by atoms with Gasteiger partial charge in [0, 0.05) is 29.7 Å². The third kappa shape index (κ3) is 3.61. The minimum atomic E-state index is 0.108. The summed E-state index contributed by atoms with van der Waals surface area (Å²) in [6.45, 7) is 7.70. The van der Waals surface area contributed by atoms with Gasteiger partial charge >= 0.3 is 0 Å². The number of nitrogens with zero attached hydrogens (tertiary/aromatic N) is 2. The SMILES string of the molecule is CC(C)[C@@H](CN1CCC1)N(C)C(=O)c1ccc(Br)cc1. The molecule has 1 fully saturated rings.